The summed E-state index contributed by atoms with van der Waals surface area (Å²) in [4.78, 5) is 0. The molecule has 0 saturated heterocycles. The molecular formula is C16H23Br. The van der Waals surface area contributed by atoms with Crippen LogP contribution >= 0.6 is 15.9 Å². The van der Waals surface area contributed by atoms with Crippen molar-refractivity contribution in [1.29, 1.82) is 0 Å². The molecule has 94 valence electrons. The van der Waals surface area contributed by atoms with Crippen LogP contribution < -0.4 is 0 Å². The van der Waals surface area contributed by atoms with Gasteiger partial charge in [0.25, 0.3) is 0 Å². The van der Waals surface area contributed by atoms with Crippen molar-refractivity contribution >= 4 is 15.9 Å². The predicted octanol–water partition coefficient (Wildman–Crippen LogP) is 5.84. The van der Waals surface area contributed by atoms with Crippen molar-refractivity contribution in [2.45, 2.75) is 63.7 Å². The molecule has 1 heteroatoms. The van der Waals surface area contributed by atoms with Gasteiger partial charge in [0.2, 0.25) is 0 Å². The van der Waals surface area contributed by atoms with Crippen molar-refractivity contribution in [3.8, 4) is 0 Å². The molecule has 1 aromatic rings. The number of rotatable bonds is 4. The Kier molecular flexibility index (Phi) is 4.67. The zero-order valence-electron chi connectivity index (χ0n) is 10.8. The molecule has 0 nitrogen and oxygen atoms in total. The number of hydrogen-bond acceptors (Lipinski definition) is 0. The average Bonchev–Trinajstić information content (AvgIpc) is 2.38. The largest absolute Gasteiger partial charge is 0.0654 e. The van der Waals surface area contributed by atoms with Crippen LogP contribution in [0.5, 0.6) is 0 Å². The zero-order chi connectivity index (χ0) is 12.1. The second-order valence-electron chi connectivity index (χ2n) is 5.42. The Morgan fingerprint density at radius 2 is 1.82 bits per heavy atom. The molecule has 0 heterocycles. The summed E-state index contributed by atoms with van der Waals surface area (Å²) >= 11 is 3.76. The van der Waals surface area contributed by atoms with Crippen LogP contribution in [-0.4, -0.2) is 0 Å². The Balaban J connectivity index is 2.28. The fraction of sp³-hybridized carbons (Fsp3) is 0.625. The Morgan fingerprint density at radius 1 is 1.12 bits per heavy atom. The van der Waals surface area contributed by atoms with Crippen molar-refractivity contribution in [3.63, 3.8) is 0 Å². The van der Waals surface area contributed by atoms with E-state index in [1.807, 2.05) is 0 Å². The van der Waals surface area contributed by atoms with Gasteiger partial charge < -0.3 is 0 Å². The summed E-state index contributed by atoms with van der Waals surface area (Å²) in [6.45, 7) is 2.30. The Bertz CT molecular complexity index is 350. The highest BCUT2D eigenvalue weighted by atomic mass is 79.9. The highest BCUT2D eigenvalue weighted by molar-refractivity contribution is 9.10. The van der Waals surface area contributed by atoms with Gasteiger partial charge in [0.1, 0.15) is 0 Å². The van der Waals surface area contributed by atoms with E-state index in [4.69, 9.17) is 0 Å². The summed E-state index contributed by atoms with van der Waals surface area (Å²) in [5.41, 5.74) is 2.03. The molecule has 17 heavy (non-hydrogen) atoms. The first kappa shape index (κ1) is 13.1. The predicted molar refractivity (Wildman–Crippen MR) is 78.4 cm³/mol. The third-order valence-corrected chi connectivity index (χ3v) is 4.96. The van der Waals surface area contributed by atoms with E-state index < -0.39 is 0 Å². The van der Waals surface area contributed by atoms with Gasteiger partial charge in [-0.25, -0.2) is 0 Å². The van der Waals surface area contributed by atoms with Gasteiger partial charge in [-0.3, -0.25) is 0 Å². The molecule has 1 aliphatic rings. The second kappa shape index (κ2) is 6.04. The zero-order valence-corrected chi connectivity index (χ0v) is 12.4. The quantitative estimate of drug-likeness (QED) is 0.654. The normalized spacial score (nSPS) is 19.2. The summed E-state index contributed by atoms with van der Waals surface area (Å²) in [7, 11) is 0. The molecule has 1 fully saturated rings. The number of hydrogen-bond donors (Lipinski definition) is 0. The fourth-order valence-electron chi connectivity index (χ4n) is 3.29. The van der Waals surface area contributed by atoms with Crippen LogP contribution in [0.1, 0.15) is 63.9 Å². The van der Waals surface area contributed by atoms with E-state index in [-0.39, 0.29) is 0 Å². The van der Waals surface area contributed by atoms with Crippen LogP contribution in [0.25, 0.3) is 0 Å². The van der Waals surface area contributed by atoms with Gasteiger partial charge in [0, 0.05) is 4.47 Å². The summed E-state index contributed by atoms with van der Waals surface area (Å²) in [5, 5.41) is 0. The van der Waals surface area contributed by atoms with Gasteiger partial charge in [-0.05, 0) is 36.3 Å². The van der Waals surface area contributed by atoms with Gasteiger partial charge in [-0.1, -0.05) is 73.2 Å². The van der Waals surface area contributed by atoms with Crippen LogP contribution in [-0.2, 0) is 5.41 Å². The van der Waals surface area contributed by atoms with Gasteiger partial charge >= 0.3 is 0 Å². The van der Waals surface area contributed by atoms with E-state index in [0.29, 0.717) is 5.41 Å². The lowest BCUT2D eigenvalue weighted by Crippen LogP contribution is -2.29. The summed E-state index contributed by atoms with van der Waals surface area (Å²) < 4.78 is 1.32. The van der Waals surface area contributed by atoms with Crippen LogP contribution in [0.3, 0.4) is 0 Å². The molecule has 0 aliphatic heterocycles. The Hall–Kier alpha value is -0.300. The van der Waals surface area contributed by atoms with Gasteiger partial charge in [-0.2, -0.15) is 0 Å². The first-order chi connectivity index (χ1) is 8.28. The molecule has 0 N–H and O–H groups in total. The molecule has 0 aromatic heterocycles. The lowest BCUT2D eigenvalue weighted by Gasteiger charge is -2.39. The minimum atomic E-state index is 0.467. The van der Waals surface area contributed by atoms with Crippen LogP contribution in [0.4, 0.5) is 0 Å². The van der Waals surface area contributed by atoms with Crippen molar-refractivity contribution < 1.29 is 0 Å². The molecule has 2 rings (SSSR count). The van der Waals surface area contributed by atoms with Gasteiger partial charge in [-0.15, -0.1) is 0 Å². The van der Waals surface area contributed by atoms with Crippen LogP contribution in [0.15, 0.2) is 28.7 Å². The monoisotopic (exact) mass is 294 g/mol. The molecule has 0 atom stereocenters. The standard InChI is InChI=1S/C16H23Br/c1-2-3-11-16(12-7-4-8-13-16)14-9-5-6-10-15(14)17/h5-6,9-10H,2-4,7-8,11-13H2,1H3. The van der Waals surface area contributed by atoms with E-state index >= 15 is 0 Å². The molecule has 1 saturated carbocycles. The first-order valence-electron chi connectivity index (χ1n) is 7.03. The molecule has 0 amide bonds. The third kappa shape index (κ3) is 2.93. The van der Waals surface area contributed by atoms with E-state index in [1.54, 1.807) is 5.56 Å². The minimum absolute atomic E-state index is 0.467. The Morgan fingerprint density at radius 3 is 2.47 bits per heavy atom. The molecule has 0 unspecified atom stereocenters. The lowest BCUT2D eigenvalue weighted by atomic mass is 9.67. The van der Waals surface area contributed by atoms with Crippen molar-refractivity contribution in [2.75, 3.05) is 0 Å². The van der Waals surface area contributed by atoms with Crippen LogP contribution in [0, 0.1) is 0 Å². The number of benzene rings is 1. The molecular weight excluding hydrogens is 272 g/mol. The van der Waals surface area contributed by atoms with Gasteiger partial charge in [0.05, 0.1) is 0 Å². The lowest BCUT2D eigenvalue weighted by molar-refractivity contribution is 0.266. The maximum atomic E-state index is 3.76. The van der Waals surface area contributed by atoms with E-state index in [9.17, 15) is 0 Å². The second-order valence-corrected chi connectivity index (χ2v) is 6.28. The molecule has 1 aromatic carbocycles. The van der Waals surface area contributed by atoms with Crippen molar-refractivity contribution in [3.05, 3.63) is 34.3 Å². The molecule has 0 bridgehead atoms. The maximum Gasteiger partial charge on any atom is 0.0212 e. The molecule has 1 aliphatic carbocycles. The van der Waals surface area contributed by atoms with E-state index in [2.05, 4.69) is 47.1 Å². The smallest absolute Gasteiger partial charge is 0.0212 e. The van der Waals surface area contributed by atoms with Crippen molar-refractivity contribution in [1.82, 2.24) is 0 Å². The highest BCUT2D eigenvalue weighted by Crippen LogP contribution is 2.45. The average molecular weight is 295 g/mol. The SMILES string of the molecule is CCCCC1(c2ccccc2Br)CCCCC1. The van der Waals surface area contributed by atoms with Crippen molar-refractivity contribution in [2.24, 2.45) is 0 Å². The number of halogens is 1. The minimum Gasteiger partial charge on any atom is -0.0654 e. The van der Waals surface area contributed by atoms with Gasteiger partial charge in [0.15, 0.2) is 0 Å². The molecule has 0 radical (unpaired) electrons. The highest BCUT2D eigenvalue weighted by Gasteiger charge is 2.34. The Labute approximate surface area is 114 Å². The first-order valence-corrected chi connectivity index (χ1v) is 7.83. The summed E-state index contributed by atoms with van der Waals surface area (Å²) in [6.07, 6.45) is 11.1. The van der Waals surface area contributed by atoms with Crippen LogP contribution in [0.2, 0.25) is 0 Å². The third-order valence-electron chi connectivity index (χ3n) is 4.26. The topological polar surface area (TPSA) is 0 Å². The maximum absolute atomic E-state index is 3.76. The summed E-state index contributed by atoms with van der Waals surface area (Å²) in [5.74, 6) is 0. The number of unbranched alkanes of at least 4 members (excludes halogenated alkanes) is 1. The van der Waals surface area contributed by atoms with E-state index in [1.165, 1.54) is 55.8 Å². The molecule has 0 spiro atoms. The summed E-state index contributed by atoms with van der Waals surface area (Å²) in [6, 6.07) is 8.87. The van der Waals surface area contributed by atoms with E-state index in [0.717, 1.165) is 0 Å². The fourth-order valence-corrected chi connectivity index (χ4v) is 3.99.